The number of nitrogens with one attached hydrogen (secondary N) is 1. The van der Waals surface area contributed by atoms with Crippen LogP contribution in [0, 0.1) is 18.8 Å². The second-order valence-corrected chi connectivity index (χ2v) is 9.06. The summed E-state index contributed by atoms with van der Waals surface area (Å²) in [4.78, 5) is 30.0. The lowest BCUT2D eigenvalue weighted by molar-refractivity contribution is -0.313. The van der Waals surface area contributed by atoms with E-state index in [4.69, 9.17) is 0 Å². The van der Waals surface area contributed by atoms with Gasteiger partial charge in [0.05, 0.1) is 11.6 Å². The van der Waals surface area contributed by atoms with Crippen LogP contribution in [-0.2, 0) is 16.0 Å². The predicted molar refractivity (Wildman–Crippen MR) is 115 cm³/mol. The maximum absolute atomic E-state index is 12.9. The maximum atomic E-state index is 12.9. The van der Waals surface area contributed by atoms with Crippen LogP contribution in [0.2, 0.25) is 0 Å². The first-order valence-corrected chi connectivity index (χ1v) is 10.9. The number of amides is 1. The van der Waals surface area contributed by atoms with E-state index in [9.17, 15) is 14.7 Å². The zero-order valence-electron chi connectivity index (χ0n) is 17.4. The van der Waals surface area contributed by atoms with Gasteiger partial charge in [-0.3, -0.25) is 4.79 Å². The van der Waals surface area contributed by atoms with Crippen molar-refractivity contribution in [3.63, 3.8) is 0 Å². The monoisotopic (exact) mass is 411 g/mol. The minimum atomic E-state index is -1.17. The number of carboxylic acids is 1. The van der Waals surface area contributed by atoms with E-state index in [0.29, 0.717) is 18.0 Å². The first kappa shape index (κ1) is 21.2. The number of aliphatic carboxylic acids is 1. The quantitative estimate of drug-likeness (QED) is 0.725. The summed E-state index contributed by atoms with van der Waals surface area (Å²) in [5.74, 6) is -2.90. The molecule has 1 aromatic carbocycles. The van der Waals surface area contributed by atoms with Crippen molar-refractivity contribution in [3.05, 3.63) is 45.9 Å². The number of allylic oxidation sites excluding steroid dienone is 2. The number of thiazole rings is 1. The number of aryl methyl sites for hydroxylation is 2. The molecule has 0 saturated carbocycles. The fourth-order valence-corrected chi connectivity index (χ4v) is 4.69. The van der Waals surface area contributed by atoms with Crippen molar-refractivity contribution < 1.29 is 14.7 Å². The Bertz CT molecular complexity index is 944. The number of rotatable bonds is 6. The first-order chi connectivity index (χ1) is 13.8. The molecule has 2 aromatic rings. The third kappa shape index (κ3) is 4.75. The zero-order chi connectivity index (χ0) is 21.1. The van der Waals surface area contributed by atoms with Crippen molar-refractivity contribution in [2.75, 3.05) is 5.32 Å². The average Bonchev–Trinajstić information content (AvgIpc) is 3.04. The summed E-state index contributed by atoms with van der Waals surface area (Å²) in [6.45, 7) is 8.00. The first-order valence-electron chi connectivity index (χ1n) is 10.0. The predicted octanol–water partition coefficient (Wildman–Crippen LogP) is 4.12. The summed E-state index contributed by atoms with van der Waals surface area (Å²) in [7, 11) is 0. The highest BCUT2D eigenvalue weighted by molar-refractivity contribution is 7.16. The van der Waals surface area contributed by atoms with Crippen LogP contribution < -0.4 is 10.4 Å². The summed E-state index contributed by atoms with van der Waals surface area (Å²) < 4.78 is 0. The molecule has 0 unspecified atom stereocenters. The molecule has 0 saturated heterocycles. The van der Waals surface area contributed by atoms with Gasteiger partial charge in [0, 0.05) is 22.3 Å². The Balaban J connectivity index is 1.77. The van der Waals surface area contributed by atoms with Gasteiger partial charge in [0.2, 0.25) is 5.91 Å². The van der Waals surface area contributed by atoms with Crippen molar-refractivity contribution in [1.29, 1.82) is 0 Å². The Kier molecular flexibility index (Phi) is 6.52. The lowest BCUT2D eigenvalue weighted by Gasteiger charge is -2.32. The van der Waals surface area contributed by atoms with Crippen LogP contribution in [0.1, 0.15) is 50.5 Å². The minimum absolute atomic E-state index is 0.301. The number of carbonyl (C=O) groups excluding carboxylic acids is 2. The summed E-state index contributed by atoms with van der Waals surface area (Å²) in [5.41, 5.74) is 5.26. The molecule has 0 radical (unpaired) electrons. The second-order valence-electron chi connectivity index (χ2n) is 7.86. The van der Waals surface area contributed by atoms with Gasteiger partial charge in [-0.25, -0.2) is 4.98 Å². The third-order valence-electron chi connectivity index (χ3n) is 5.70. The molecule has 29 heavy (non-hydrogen) atoms. The molecule has 0 bridgehead atoms. The van der Waals surface area contributed by atoms with Crippen molar-refractivity contribution in [2.45, 2.75) is 53.4 Å². The molecule has 3 rings (SSSR count). The van der Waals surface area contributed by atoms with Gasteiger partial charge in [0.1, 0.15) is 0 Å². The molecule has 5 nitrogen and oxygen atoms in total. The van der Waals surface area contributed by atoms with E-state index in [-0.39, 0.29) is 5.91 Å². The van der Waals surface area contributed by atoms with Gasteiger partial charge in [-0.15, -0.1) is 11.3 Å². The highest BCUT2D eigenvalue weighted by atomic mass is 32.1. The minimum Gasteiger partial charge on any atom is -0.550 e. The molecule has 1 aliphatic rings. The van der Waals surface area contributed by atoms with Gasteiger partial charge >= 0.3 is 0 Å². The second kappa shape index (κ2) is 8.91. The Morgan fingerprint density at radius 2 is 1.72 bits per heavy atom. The van der Waals surface area contributed by atoms with Crippen molar-refractivity contribution in [1.82, 2.24) is 4.98 Å². The molecular weight excluding hydrogens is 384 g/mol. The number of benzene rings is 1. The lowest BCUT2D eigenvalue weighted by atomic mass is 9.76. The van der Waals surface area contributed by atoms with Crippen LogP contribution in [0.5, 0.6) is 0 Å². The fraction of sp³-hybridized carbons (Fsp3) is 0.435. The molecule has 0 aliphatic heterocycles. The lowest BCUT2D eigenvalue weighted by Crippen LogP contribution is -2.42. The van der Waals surface area contributed by atoms with Crippen LogP contribution in [0.3, 0.4) is 0 Å². The Morgan fingerprint density at radius 3 is 2.31 bits per heavy atom. The highest BCUT2D eigenvalue weighted by Crippen LogP contribution is 2.36. The van der Waals surface area contributed by atoms with E-state index in [2.05, 4.69) is 41.5 Å². The third-order valence-corrected chi connectivity index (χ3v) is 6.58. The molecule has 0 fully saturated rings. The summed E-state index contributed by atoms with van der Waals surface area (Å²) in [5, 5.41) is 14.9. The van der Waals surface area contributed by atoms with Crippen molar-refractivity contribution >= 4 is 28.3 Å². The van der Waals surface area contributed by atoms with Gasteiger partial charge in [0.25, 0.3) is 0 Å². The maximum Gasteiger partial charge on any atom is 0.230 e. The normalized spacial score (nSPS) is 19.3. The van der Waals surface area contributed by atoms with Gasteiger partial charge in [-0.1, -0.05) is 48.8 Å². The summed E-state index contributed by atoms with van der Waals surface area (Å²) >= 11 is 1.41. The van der Waals surface area contributed by atoms with E-state index in [0.717, 1.165) is 40.1 Å². The van der Waals surface area contributed by atoms with E-state index in [1.165, 1.54) is 16.9 Å². The topological polar surface area (TPSA) is 82.1 Å². The van der Waals surface area contributed by atoms with E-state index < -0.39 is 17.8 Å². The van der Waals surface area contributed by atoms with Gasteiger partial charge in [-0.2, -0.15) is 0 Å². The standard InChI is InChI=1S/C23H28N2O3S/c1-5-6-16-7-9-17(10-8-16)20-15(4)29-23(24-20)25-21(26)18-11-13(2)14(3)12-19(18)22(27)28/h7-10,18-19H,5-6,11-12H2,1-4H3,(H,27,28)(H,24,25,26)/p-1/t18-,19+/m1/s1. The Labute approximate surface area is 175 Å². The average molecular weight is 412 g/mol. The molecule has 1 aromatic heterocycles. The molecule has 1 heterocycles. The van der Waals surface area contributed by atoms with Crippen LogP contribution in [0.15, 0.2) is 35.4 Å². The van der Waals surface area contributed by atoms with Crippen LogP contribution in [0.25, 0.3) is 11.3 Å². The fourth-order valence-electron chi connectivity index (χ4n) is 3.85. The van der Waals surface area contributed by atoms with Crippen molar-refractivity contribution in [3.8, 4) is 11.3 Å². The number of carboxylic acid groups (broad SMARTS) is 1. The number of nitrogens with zero attached hydrogens (tertiary/aromatic N) is 1. The summed E-state index contributed by atoms with van der Waals surface area (Å²) in [6.07, 6.45) is 2.95. The zero-order valence-corrected chi connectivity index (χ0v) is 18.2. The SMILES string of the molecule is CCCc1ccc(-c2nc(NC(=O)[C@@H]3CC(C)=C(C)C[C@@H]3C(=O)[O-])sc2C)cc1. The van der Waals surface area contributed by atoms with Crippen LogP contribution >= 0.6 is 11.3 Å². The molecule has 154 valence electrons. The molecule has 0 spiro atoms. The molecule has 6 heteroatoms. The van der Waals surface area contributed by atoms with E-state index >= 15 is 0 Å². The number of hydrogen-bond acceptors (Lipinski definition) is 5. The molecule has 1 aliphatic carbocycles. The van der Waals surface area contributed by atoms with Crippen LogP contribution in [0.4, 0.5) is 5.13 Å². The molecule has 2 atom stereocenters. The number of anilines is 1. The molecular formula is C23H27N2O3S-. The summed E-state index contributed by atoms with van der Waals surface area (Å²) in [6, 6.07) is 8.34. The highest BCUT2D eigenvalue weighted by Gasteiger charge is 2.34. The van der Waals surface area contributed by atoms with Crippen molar-refractivity contribution in [2.24, 2.45) is 11.8 Å². The van der Waals surface area contributed by atoms with Gasteiger partial charge in [-0.05, 0) is 45.6 Å². The number of aromatic nitrogens is 1. The number of hydrogen-bond donors (Lipinski definition) is 1. The van der Waals surface area contributed by atoms with Gasteiger partial charge < -0.3 is 15.2 Å². The molecule has 1 amide bonds. The van der Waals surface area contributed by atoms with E-state index in [1.54, 1.807) is 0 Å². The van der Waals surface area contributed by atoms with Gasteiger partial charge in [0.15, 0.2) is 5.13 Å². The Morgan fingerprint density at radius 1 is 1.10 bits per heavy atom. The number of carbonyl (C=O) groups is 2. The Hall–Kier alpha value is -2.47. The van der Waals surface area contributed by atoms with E-state index in [1.807, 2.05) is 20.8 Å². The molecule has 1 N–H and O–H groups in total. The largest absolute Gasteiger partial charge is 0.550 e. The smallest absolute Gasteiger partial charge is 0.230 e. The van der Waals surface area contributed by atoms with Crippen LogP contribution in [-0.4, -0.2) is 16.9 Å².